The molecule has 1 aliphatic rings. The van der Waals surface area contributed by atoms with Crippen LogP contribution < -0.4 is 5.46 Å². The van der Waals surface area contributed by atoms with E-state index in [9.17, 15) is 0 Å². The van der Waals surface area contributed by atoms with Crippen molar-refractivity contribution >= 4 is 24.4 Å². The highest BCUT2D eigenvalue weighted by Gasteiger charge is 2.51. The summed E-state index contributed by atoms with van der Waals surface area (Å²) in [5, 5.41) is 7.43. The fraction of sp³-hybridized carbons (Fsp3) is 0.421. The van der Waals surface area contributed by atoms with Gasteiger partial charge >= 0.3 is 7.12 Å². The minimum atomic E-state index is -0.351. The molecule has 0 aromatic heterocycles. The molecule has 2 rings (SSSR count). The van der Waals surface area contributed by atoms with E-state index in [0.717, 1.165) is 16.6 Å². The normalized spacial score (nSPS) is 18.9. The average molecular weight is 313 g/mol. The molecule has 1 aromatic carbocycles. The molecule has 1 aliphatic heterocycles. The molecular weight excluding hydrogens is 285 g/mol. The summed E-state index contributed by atoms with van der Waals surface area (Å²) in [6.07, 6.45) is 4.82. The molecule has 1 saturated heterocycles. The van der Waals surface area contributed by atoms with Crippen LogP contribution in [-0.2, 0) is 9.31 Å². The molecular formula is C19H28BNO2. The maximum atomic E-state index is 7.43. The molecule has 0 spiro atoms. The highest BCUT2D eigenvalue weighted by Crippen LogP contribution is 2.36. The lowest BCUT2D eigenvalue weighted by atomic mass is 9.78. The molecule has 0 aliphatic carbocycles. The Kier molecular flexibility index (Phi) is 6.54. The summed E-state index contributed by atoms with van der Waals surface area (Å²) >= 11 is 0. The number of hydrogen-bond donors (Lipinski definition) is 1. The maximum Gasteiger partial charge on any atom is 0.494 e. The molecule has 0 amide bonds. The van der Waals surface area contributed by atoms with Gasteiger partial charge in [0, 0.05) is 6.21 Å². The number of benzene rings is 1. The van der Waals surface area contributed by atoms with Crippen molar-refractivity contribution in [2.24, 2.45) is 0 Å². The molecule has 0 bridgehead atoms. The lowest BCUT2D eigenvalue weighted by Crippen LogP contribution is -2.41. The monoisotopic (exact) mass is 313 g/mol. The molecule has 124 valence electrons. The van der Waals surface area contributed by atoms with E-state index in [2.05, 4.69) is 6.58 Å². The van der Waals surface area contributed by atoms with E-state index in [-0.39, 0.29) is 18.3 Å². The van der Waals surface area contributed by atoms with E-state index < -0.39 is 0 Å². The van der Waals surface area contributed by atoms with E-state index in [0.29, 0.717) is 0 Å². The maximum absolute atomic E-state index is 7.43. The third-order valence-electron chi connectivity index (χ3n) is 4.22. The van der Waals surface area contributed by atoms with Gasteiger partial charge in [-0.2, -0.15) is 0 Å². The summed E-state index contributed by atoms with van der Waals surface area (Å²) < 4.78 is 12.1. The Morgan fingerprint density at radius 2 is 1.52 bits per heavy atom. The number of hydrogen-bond acceptors (Lipinski definition) is 3. The van der Waals surface area contributed by atoms with Gasteiger partial charge in [-0.1, -0.05) is 56.8 Å². The van der Waals surface area contributed by atoms with Gasteiger partial charge in [-0.15, -0.1) is 0 Å². The van der Waals surface area contributed by atoms with Gasteiger partial charge in [-0.25, -0.2) is 0 Å². The van der Waals surface area contributed by atoms with Gasteiger partial charge in [0.15, 0.2) is 0 Å². The Morgan fingerprint density at radius 1 is 1.04 bits per heavy atom. The summed E-state index contributed by atoms with van der Waals surface area (Å²) in [4.78, 5) is 0. The van der Waals surface area contributed by atoms with Crippen molar-refractivity contribution in [3.05, 3.63) is 48.6 Å². The molecule has 1 fully saturated rings. The van der Waals surface area contributed by atoms with Gasteiger partial charge in [0.05, 0.1) is 11.2 Å². The summed E-state index contributed by atoms with van der Waals surface area (Å²) in [6.45, 7) is 15.8. The predicted octanol–water partition coefficient (Wildman–Crippen LogP) is 4.23. The number of nitrogens with one attached hydrogen (secondary N) is 1. The Balaban J connectivity index is 0.00000127. The zero-order valence-electron chi connectivity index (χ0n) is 15.1. The van der Waals surface area contributed by atoms with Crippen LogP contribution in [0.3, 0.4) is 0 Å². The fourth-order valence-corrected chi connectivity index (χ4v) is 2.17. The summed E-state index contributed by atoms with van der Waals surface area (Å²) in [5.41, 5.74) is 2.12. The third-order valence-corrected chi connectivity index (χ3v) is 4.22. The van der Waals surface area contributed by atoms with E-state index in [1.54, 1.807) is 6.08 Å². The zero-order valence-corrected chi connectivity index (χ0v) is 15.1. The van der Waals surface area contributed by atoms with E-state index in [1.165, 1.54) is 6.21 Å². The van der Waals surface area contributed by atoms with Gasteiger partial charge < -0.3 is 14.7 Å². The number of rotatable bonds is 4. The van der Waals surface area contributed by atoms with Crippen LogP contribution in [0, 0.1) is 5.41 Å². The van der Waals surface area contributed by atoms with Crippen LogP contribution in [0.25, 0.3) is 5.57 Å². The van der Waals surface area contributed by atoms with Gasteiger partial charge in [-0.05, 0) is 44.3 Å². The van der Waals surface area contributed by atoms with Crippen molar-refractivity contribution in [1.82, 2.24) is 0 Å². The molecule has 23 heavy (non-hydrogen) atoms. The lowest BCUT2D eigenvalue weighted by molar-refractivity contribution is 0.00578. The van der Waals surface area contributed by atoms with Gasteiger partial charge in [0.25, 0.3) is 0 Å². The molecule has 0 unspecified atom stereocenters. The predicted molar refractivity (Wildman–Crippen MR) is 100 cm³/mol. The minimum absolute atomic E-state index is 0.334. The Bertz CT molecular complexity index is 558. The summed E-state index contributed by atoms with van der Waals surface area (Å²) in [5.74, 6) is 0. The van der Waals surface area contributed by atoms with E-state index in [1.807, 2.05) is 71.9 Å². The smallest absolute Gasteiger partial charge is 0.399 e. The molecule has 0 atom stereocenters. The second kappa shape index (κ2) is 7.76. The first-order valence-corrected chi connectivity index (χ1v) is 8.10. The van der Waals surface area contributed by atoms with Crippen LogP contribution in [0.5, 0.6) is 0 Å². The second-order valence-electron chi connectivity index (χ2n) is 6.21. The van der Waals surface area contributed by atoms with Crippen molar-refractivity contribution in [3.8, 4) is 0 Å². The third kappa shape index (κ3) is 4.21. The van der Waals surface area contributed by atoms with Crippen molar-refractivity contribution < 1.29 is 9.31 Å². The molecule has 1 N–H and O–H groups in total. The summed E-state index contributed by atoms with van der Waals surface area (Å²) in [6, 6.07) is 7.91. The van der Waals surface area contributed by atoms with Crippen LogP contribution in [-0.4, -0.2) is 24.5 Å². The lowest BCUT2D eigenvalue weighted by Gasteiger charge is -2.32. The van der Waals surface area contributed by atoms with Gasteiger partial charge in [-0.3, -0.25) is 0 Å². The first-order chi connectivity index (χ1) is 10.8. The van der Waals surface area contributed by atoms with Crippen molar-refractivity contribution in [1.29, 1.82) is 5.41 Å². The molecule has 3 nitrogen and oxygen atoms in total. The van der Waals surface area contributed by atoms with Crippen LogP contribution in [0.15, 0.2) is 43.0 Å². The van der Waals surface area contributed by atoms with Crippen molar-refractivity contribution in [3.63, 3.8) is 0 Å². The SMILES string of the molecule is C=C/C=C(\C=N)c1ccc(B2OC(C)(C)C(C)(C)O2)cc1.CC. The molecule has 0 saturated carbocycles. The first kappa shape index (κ1) is 19.4. The topological polar surface area (TPSA) is 42.3 Å². The Morgan fingerprint density at radius 3 is 1.91 bits per heavy atom. The van der Waals surface area contributed by atoms with Crippen LogP contribution >= 0.6 is 0 Å². The Hall–Kier alpha value is -1.65. The molecule has 0 radical (unpaired) electrons. The molecule has 1 aromatic rings. The zero-order chi connectivity index (χ0) is 17.7. The highest BCUT2D eigenvalue weighted by molar-refractivity contribution is 6.62. The van der Waals surface area contributed by atoms with E-state index >= 15 is 0 Å². The highest BCUT2D eigenvalue weighted by atomic mass is 16.7. The first-order valence-electron chi connectivity index (χ1n) is 8.10. The molecule has 4 heteroatoms. The van der Waals surface area contributed by atoms with Gasteiger partial charge in [0.2, 0.25) is 0 Å². The van der Waals surface area contributed by atoms with E-state index in [4.69, 9.17) is 14.7 Å². The van der Waals surface area contributed by atoms with Crippen molar-refractivity contribution in [2.75, 3.05) is 0 Å². The van der Waals surface area contributed by atoms with Crippen LogP contribution in [0.1, 0.15) is 47.1 Å². The standard InChI is InChI=1S/C17H22BNO2.C2H6/c1-6-7-14(12-19)13-8-10-15(11-9-13)18-20-16(2,3)17(4,5)21-18;1-2/h6-12,19H,1H2,2-5H3;1-2H3/b14-7+,19-12?;. The van der Waals surface area contributed by atoms with Gasteiger partial charge in [0.1, 0.15) is 0 Å². The van der Waals surface area contributed by atoms with Crippen LogP contribution in [0.2, 0.25) is 0 Å². The number of allylic oxidation sites excluding steroid dienone is 3. The van der Waals surface area contributed by atoms with Crippen molar-refractivity contribution in [2.45, 2.75) is 52.7 Å². The largest absolute Gasteiger partial charge is 0.494 e. The summed E-state index contributed by atoms with van der Waals surface area (Å²) in [7, 11) is -0.351. The van der Waals surface area contributed by atoms with Crippen LogP contribution in [0.4, 0.5) is 0 Å². The average Bonchev–Trinajstić information content (AvgIpc) is 2.75. The quantitative estimate of drug-likeness (QED) is 0.513. The molecule has 1 heterocycles. The fourth-order valence-electron chi connectivity index (χ4n) is 2.17. The minimum Gasteiger partial charge on any atom is -0.399 e. The second-order valence-corrected chi connectivity index (χ2v) is 6.21. The Labute approximate surface area is 141 Å².